The summed E-state index contributed by atoms with van der Waals surface area (Å²) in [5, 5.41) is 0.745. The Bertz CT molecular complexity index is 922. The van der Waals surface area contributed by atoms with Crippen LogP contribution >= 0.6 is 11.6 Å². The molecule has 0 aromatic heterocycles. The molecule has 4 heteroatoms. The smallest absolute Gasteiger partial charge is 0.142 e. The highest BCUT2D eigenvalue weighted by Gasteiger charge is 2.37. The molecule has 3 aromatic carbocycles. The molecule has 1 heterocycles. The Labute approximate surface area is 158 Å². The molecule has 1 aliphatic heterocycles. The van der Waals surface area contributed by atoms with Crippen molar-refractivity contribution in [2.75, 3.05) is 12.0 Å². The van der Waals surface area contributed by atoms with Crippen LogP contribution in [0, 0.1) is 0 Å². The van der Waals surface area contributed by atoms with Crippen LogP contribution in [0.1, 0.15) is 18.0 Å². The number of hydrogen-bond acceptors (Lipinski definition) is 2. The number of nitrogens with zero attached hydrogens (tertiary/aromatic N) is 2. The molecule has 3 nitrogen and oxygen atoms in total. The summed E-state index contributed by atoms with van der Waals surface area (Å²) in [6.45, 7) is 0. The zero-order valence-electron chi connectivity index (χ0n) is 14.5. The Morgan fingerprint density at radius 1 is 0.923 bits per heavy atom. The number of anilines is 1. The molecule has 4 rings (SSSR count). The van der Waals surface area contributed by atoms with Gasteiger partial charge in [-0.25, -0.2) is 4.99 Å². The van der Waals surface area contributed by atoms with Crippen LogP contribution in [-0.2, 0) is 0 Å². The van der Waals surface area contributed by atoms with Crippen LogP contribution in [-0.4, -0.2) is 12.9 Å². The molecule has 1 aliphatic rings. The van der Waals surface area contributed by atoms with Gasteiger partial charge in [-0.05, 0) is 42.0 Å². The molecule has 0 saturated carbocycles. The van der Waals surface area contributed by atoms with E-state index >= 15 is 0 Å². The lowest BCUT2D eigenvalue weighted by Crippen LogP contribution is -2.46. The molecule has 0 radical (unpaired) electrons. The van der Waals surface area contributed by atoms with Crippen molar-refractivity contribution in [1.29, 1.82) is 0 Å². The first-order chi connectivity index (χ1) is 12.8. The van der Waals surface area contributed by atoms with Crippen molar-refractivity contribution < 1.29 is 4.74 Å². The number of benzene rings is 3. The number of rotatable bonds is 4. The van der Waals surface area contributed by atoms with Crippen molar-refractivity contribution in [2.45, 2.75) is 12.5 Å². The highest BCUT2D eigenvalue weighted by Crippen LogP contribution is 2.44. The van der Waals surface area contributed by atoms with Gasteiger partial charge in [-0.15, -0.1) is 0 Å². The zero-order chi connectivity index (χ0) is 17.9. The summed E-state index contributed by atoms with van der Waals surface area (Å²) in [5.74, 6) is 1.87. The van der Waals surface area contributed by atoms with Gasteiger partial charge >= 0.3 is 0 Å². The van der Waals surface area contributed by atoms with Crippen LogP contribution in [0.15, 0.2) is 83.9 Å². The molecule has 26 heavy (non-hydrogen) atoms. The minimum atomic E-state index is 0.214. The van der Waals surface area contributed by atoms with Gasteiger partial charge in [-0.1, -0.05) is 54.1 Å². The topological polar surface area (TPSA) is 24.8 Å². The molecule has 0 aliphatic carbocycles. The number of amidine groups is 1. The predicted molar refractivity (Wildman–Crippen MR) is 108 cm³/mol. The monoisotopic (exact) mass is 362 g/mol. The van der Waals surface area contributed by atoms with E-state index in [2.05, 4.69) is 23.1 Å². The summed E-state index contributed by atoms with van der Waals surface area (Å²) in [7, 11) is 1.70. The van der Waals surface area contributed by atoms with Crippen molar-refractivity contribution in [3.8, 4) is 5.75 Å². The zero-order valence-corrected chi connectivity index (χ0v) is 15.2. The number of para-hydroxylation sites is 3. The number of halogens is 1. The van der Waals surface area contributed by atoms with Gasteiger partial charge in [-0.2, -0.15) is 0 Å². The summed E-state index contributed by atoms with van der Waals surface area (Å²) in [6.07, 6.45) is 0.870. The fourth-order valence-corrected chi connectivity index (χ4v) is 3.39. The molecule has 0 spiro atoms. The first-order valence-electron chi connectivity index (χ1n) is 8.56. The fourth-order valence-electron chi connectivity index (χ4n) is 3.27. The fraction of sp³-hybridized carbons (Fsp3) is 0.136. The van der Waals surface area contributed by atoms with E-state index in [9.17, 15) is 0 Å². The van der Waals surface area contributed by atoms with Gasteiger partial charge in [-0.3, -0.25) is 0 Å². The number of methoxy groups -OCH3 is 1. The number of hydrogen-bond donors (Lipinski definition) is 0. The third-order valence-electron chi connectivity index (χ3n) is 4.58. The van der Waals surface area contributed by atoms with Gasteiger partial charge in [0.15, 0.2) is 0 Å². The first kappa shape index (κ1) is 16.7. The normalized spacial score (nSPS) is 17.8. The molecular formula is C22H19ClN2O. The quantitative estimate of drug-likeness (QED) is 0.566. The van der Waals surface area contributed by atoms with E-state index in [1.54, 1.807) is 7.11 Å². The lowest BCUT2D eigenvalue weighted by molar-refractivity contribution is 0.413. The van der Waals surface area contributed by atoms with Crippen LogP contribution in [0.2, 0.25) is 5.02 Å². The lowest BCUT2D eigenvalue weighted by atomic mass is 9.92. The summed E-state index contributed by atoms with van der Waals surface area (Å²) in [4.78, 5) is 7.10. The molecule has 0 amide bonds. The Kier molecular flexibility index (Phi) is 4.63. The van der Waals surface area contributed by atoms with E-state index in [4.69, 9.17) is 21.3 Å². The summed E-state index contributed by atoms with van der Waals surface area (Å²) >= 11 is 6.06. The van der Waals surface area contributed by atoms with Gasteiger partial charge in [0.2, 0.25) is 0 Å². The van der Waals surface area contributed by atoms with Crippen LogP contribution < -0.4 is 9.64 Å². The van der Waals surface area contributed by atoms with E-state index < -0.39 is 0 Å². The molecule has 0 N–H and O–H groups in total. The van der Waals surface area contributed by atoms with Crippen LogP contribution in [0.25, 0.3) is 0 Å². The SMILES string of the molecule is COc1ccccc1N1/C(=N/c2ccccc2)CC1c1ccc(Cl)cc1. The van der Waals surface area contributed by atoms with Crippen molar-refractivity contribution in [3.05, 3.63) is 89.4 Å². The van der Waals surface area contributed by atoms with Gasteiger partial charge in [0, 0.05) is 11.4 Å². The first-order valence-corrected chi connectivity index (χ1v) is 8.94. The molecule has 1 fully saturated rings. The van der Waals surface area contributed by atoms with E-state index in [0.29, 0.717) is 0 Å². The van der Waals surface area contributed by atoms with E-state index in [1.165, 1.54) is 5.56 Å². The molecule has 3 aromatic rings. The maximum atomic E-state index is 6.06. The van der Waals surface area contributed by atoms with Crippen LogP contribution in [0.4, 0.5) is 11.4 Å². The second-order valence-corrected chi connectivity index (χ2v) is 6.61. The minimum absolute atomic E-state index is 0.214. The molecular weight excluding hydrogens is 344 g/mol. The Morgan fingerprint density at radius 2 is 1.62 bits per heavy atom. The highest BCUT2D eigenvalue weighted by atomic mass is 35.5. The molecule has 1 unspecified atom stereocenters. The van der Waals surface area contributed by atoms with Gasteiger partial charge in [0.25, 0.3) is 0 Å². The third kappa shape index (κ3) is 3.18. The average Bonchev–Trinajstić information content (AvgIpc) is 2.67. The van der Waals surface area contributed by atoms with Crippen molar-refractivity contribution >= 4 is 28.8 Å². The molecule has 1 saturated heterocycles. The molecule has 0 bridgehead atoms. The summed E-state index contributed by atoms with van der Waals surface area (Å²) in [6, 6.07) is 26.3. The average molecular weight is 363 g/mol. The second-order valence-electron chi connectivity index (χ2n) is 6.18. The lowest BCUT2D eigenvalue weighted by Gasteiger charge is -2.44. The standard InChI is InChI=1S/C22H19ClN2O/c1-26-21-10-6-5-9-19(21)25-20(16-11-13-17(23)14-12-16)15-22(25)24-18-7-3-2-4-8-18/h2-14,20H,15H2,1H3/b24-22+. The van der Waals surface area contributed by atoms with Crippen LogP contribution in [0.3, 0.4) is 0 Å². The Morgan fingerprint density at radius 3 is 2.35 bits per heavy atom. The number of aliphatic imine (C=N–C) groups is 1. The maximum Gasteiger partial charge on any atom is 0.142 e. The largest absolute Gasteiger partial charge is 0.495 e. The summed E-state index contributed by atoms with van der Waals surface area (Å²) < 4.78 is 5.59. The minimum Gasteiger partial charge on any atom is -0.495 e. The van der Waals surface area contributed by atoms with E-state index in [-0.39, 0.29) is 6.04 Å². The van der Waals surface area contributed by atoms with Crippen molar-refractivity contribution in [2.24, 2.45) is 4.99 Å². The second kappa shape index (κ2) is 7.22. The number of ether oxygens (including phenoxy) is 1. The highest BCUT2D eigenvalue weighted by molar-refractivity contribution is 6.30. The molecule has 1 atom stereocenters. The maximum absolute atomic E-state index is 6.06. The third-order valence-corrected chi connectivity index (χ3v) is 4.83. The van der Waals surface area contributed by atoms with Crippen LogP contribution in [0.5, 0.6) is 5.75 Å². The van der Waals surface area contributed by atoms with E-state index in [1.807, 2.05) is 60.7 Å². The van der Waals surface area contributed by atoms with Gasteiger partial charge < -0.3 is 9.64 Å². The van der Waals surface area contributed by atoms with Crippen molar-refractivity contribution in [1.82, 2.24) is 0 Å². The Hall–Kier alpha value is -2.78. The van der Waals surface area contributed by atoms with Gasteiger partial charge in [0.05, 0.1) is 24.5 Å². The summed E-state index contributed by atoms with van der Waals surface area (Å²) in [5.41, 5.74) is 3.19. The predicted octanol–water partition coefficient (Wildman–Crippen LogP) is 6.03. The Balaban J connectivity index is 1.75. The van der Waals surface area contributed by atoms with Gasteiger partial charge in [0.1, 0.15) is 11.6 Å². The molecule has 130 valence electrons. The van der Waals surface area contributed by atoms with Crippen molar-refractivity contribution in [3.63, 3.8) is 0 Å². The van der Waals surface area contributed by atoms with E-state index in [0.717, 1.165) is 34.4 Å².